The number of hydrogen-bond donors (Lipinski definition) is 1. The summed E-state index contributed by atoms with van der Waals surface area (Å²) in [6.45, 7) is 2.82. The monoisotopic (exact) mass is 283 g/mol. The van der Waals surface area contributed by atoms with E-state index in [4.69, 9.17) is 5.73 Å². The Kier molecular flexibility index (Phi) is 6.99. The van der Waals surface area contributed by atoms with Crippen molar-refractivity contribution in [3.05, 3.63) is 0 Å². The van der Waals surface area contributed by atoms with Crippen LogP contribution in [0.5, 0.6) is 0 Å². The molecular formula is C15H29N3O2. The van der Waals surface area contributed by atoms with Crippen LogP contribution in [0.2, 0.25) is 0 Å². The Morgan fingerprint density at radius 1 is 1.15 bits per heavy atom. The fraction of sp³-hybridized carbons (Fsp3) is 0.867. The van der Waals surface area contributed by atoms with Gasteiger partial charge in [0.25, 0.3) is 0 Å². The van der Waals surface area contributed by atoms with Crippen molar-refractivity contribution >= 4 is 11.8 Å². The van der Waals surface area contributed by atoms with Gasteiger partial charge in [0, 0.05) is 26.7 Å². The maximum atomic E-state index is 12.7. The van der Waals surface area contributed by atoms with Crippen LogP contribution in [0.25, 0.3) is 0 Å². The van der Waals surface area contributed by atoms with Crippen molar-refractivity contribution in [3.8, 4) is 0 Å². The molecule has 2 unspecified atom stereocenters. The Morgan fingerprint density at radius 2 is 1.80 bits per heavy atom. The molecule has 2 atom stereocenters. The van der Waals surface area contributed by atoms with E-state index < -0.39 is 0 Å². The summed E-state index contributed by atoms with van der Waals surface area (Å²) >= 11 is 0. The van der Waals surface area contributed by atoms with Crippen LogP contribution in [0.15, 0.2) is 0 Å². The maximum absolute atomic E-state index is 12.7. The van der Waals surface area contributed by atoms with Crippen molar-refractivity contribution in [2.24, 2.45) is 11.7 Å². The highest BCUT2D eigenvalue weighted by molar-refractivity contribution is 5.86. The predicted octanol–water partition coefficient (Wildman–Crippen LogP) is 1.22. The summed E-state index contributed by atoms with van der Waals surface area (Å²) in [7, 11) is 3.43. The lowest BCUT2D eigenvalue weighted by molar-refractivity contribution is -0.142. The van der Waals surface area contributed by atoms with Crippen molar-refractivity contribution in [1.29, 1.82) is 0 Å². The maximum Gasteiger partial charge on any atom is 0.241 e. The average molecular weight is 283 g/mol. The second-order valence-corrected chi connectivity index (χ2v) is 5.96. The van der Waals surface area contributed by atoms with Crippen molar-refractivity contribution < 1.29 is 9.59 Å². The second-order valence-electron chi connectivity index (χ2n) is 5.96. The lowest BCUT2D eigenvalue weighted by Gasteiger charge is -2.29. The molecule has 1 rings (SSSR count). The van der Waals surface area contributed by atoms with Gasteiger partial charge in [-0.25, -0.2) is 0 Å². The van der Waals surface area contributed by atoms with E-state index in [1.807, 2.05) is 6.92 Å². The van der Waals surface area contributed by atoms with Gasteiger partial charge in [0.2, 0.25) is 11.8 Å². The van der Waals surface area contributed by atoms with Crippen LogP contribution >= 0.6 is 0 Å². The van der Waals surface area contributed by atoms with Gasteiger partial charge in [-0.05, 0) is 19.3 Å². The van der Waals surface area contributed by atoms with Crippen LogP contribution < -0.4 is 5.73 Å². The number of likely N-dealkylation sites (N-methyl/N-ethyl adjacent to an activating group) is 1. The molecule has 1 aliphatic carbocycles. The minimum absolute atomic E-state index is 0.0333. The molecule has 116 valence electrons. The highest BCUT2D eigenvalue weighted by atomic mass is 16.2. The molecule has 0 aliphatic heterocycles. The van der Waals surface area contributed by atoms with Crippen molar-refractivity contribution in [3.63, 3.8) is 0 Å². The van der Waals surface area contributed by atoms with Crippen LogP contribution in [0.1, 0.15) is 45.4 Å². The molecule has 0 aromatic rings. The number of carbonyl (C=O) groups excluding carboxylic acids is 2. The highest BCUT2D eigenvalue weighted by Gasteiger charge is 2.31. The fourth-order valence-corrected chi connectivity index (χ4v) is 2.72. The highest BCUT2D eigenvalue weighted by Crippen LogP contribution is 2.24. The van der Waals surface area contributed by atoms with Gasteiger partial charge in [-0.1, -0.05) is 26.2 Å². The molecule has 20 heavy (non-hydrogen) atoms. The smallest absolute Gasteiger partial charge is 0.241 e. The molecule has 2 N–H and O–H groups in total. The standard InChI is InChI=1S/C15H29N3O2/c1-4-10-18(11-14(19)17(2)3)15(20)12-8-6-5-7-9-13(12)16/h12-13H,4-11,16H2,1-3H3. The van der Waals surface area contributed by atoms with E-state index in [9.17, 15) is 9.59 Å². The minimum atomic E-state index is -0.112. The summed E-state index contributed by atoms with van der Waals surface area (Å²) in [6.07, 6.45) is 5.95. The molecule has 0 heterocycles. The molecule has 0 bridgehead atoms. The first-order chi connectivity index (χ1) is 9.47. The summed E-state index contributed by atoms with van der Waals surface area (Å²) in [5.74, 6) is -0.0792. The first-order valence-corrected chi connectivity index (χ1v) is 7.71. The average Bonchev–Trinajstić information content (AvgIpc) is 2.61. The van der Waals surface area contributed by atoms with Gasteiger partial charge in [0.15, 0.2) is 0 Å². The van der Waals surface area contributed by atoms with E-state index >= 15 is 0 Å². The number of amides is 2. The first-order valence-electron chi connectivity index (χ1n) is 7.71. The summed E-state index contributed by atoms with van der Waals surface area (Å²) in [4.78, 5) is 27.8. The SMILES string of the molecule is CCCN(CC(=O)N(C)C)C(=O)C1CCCCCC1N. The van der Waals surface area contributed by atoms with Crippen molar-refractivity contribution in [2.75, 3.05) is 27.2 Å². The van der Waals surface area contributed by atoms with E-state index in [1.54, 1.807) is 19.0 Å². The molecule has 1 fully saturated rings. The van der Waals surface area contributed by atoms with Gasteiger partial charge < -0.3 is 15.5 Å². The molecule has 1 aliphatic rings. The third-order valence-corrected chi connectivity index (χ3v) is 4.02. The van der Waals surface area contributed by atoms with Crippen LogP contribution in [-0.2, 0) is 9.59 Å². The third-order valence-electron chi connectivity index (χ3n) is 4.02. The second kappa shape index (κ2) is 8.25. The Morgan fingerprint density at radius 3 is 2.40 bits per heavy atom. The number of nitrogens with two attached hydrogens (primary N) is 1. The van der Waals surface area contributed by atoms with E-state index in [1.165, 1.54) is 4.90 Å². The van der Waals surface area contributed by atoms with Crippen molar-refractivity contribution in [1.82, 2.24) is 9.80 Å². The van der Waals surface area contributed by atoms with Gasteiger partial charge in [0.05, 0.1) is 12.5 Å². The van der Waals surface area contributed by atoms with E-state index in [-0.39, 0.29) is 30.3 Å². The molecule has 5 nitrogen and oxygen atoms in total. The Balaban J connectivity index is 2.73. The fourth-order valence-electron chi connectivity index (χ4n) is 2.72. The quantitative estimate of drug-likeness (QED) is 0.772. The lowest BCUT2D eigenvalue weighted by Crippen LogP contribution is -2.47. The van der Waals surface area contributed by atoms with Gasteiger partial charge in [-0.2, -0.15) is 0 Å². The zero-order valence-electron chi connectivity index (χ0n) is 13.1. The molecule has 0 spiro atoms. The molecule has 0 aromatic heterocycles. The van der Waals surface area contributed by atoms with E-state index in [2.05, 4.69) is 0 Å². The van der Waals surface area contributed by atoms with Gasteiger partial charge in [-0.3, -0.25) is 9.59 Å². The van der Waals surface area contributed by atoms with E-state index in [0.29, 0.717) is 6.54 Å². The van der Waals surface area contributed by atoms with E-state index in [0.717, 1.165) is 38.5 Å². The summed E-state index contributed by atoms with van der Waals surface area (Å²) in [5.41, 5.74) is 6.16. The van der Waals surface area contributed by atoms with Crippen LogP contribution in [0.3, 0.4) is 0 Å². The molecule has 0 radical (unpaired) electrons. The van der Waals surface area contributed by atoms with Gasteiger partial charge in [-0.15, -0.1) is 0 Å². The molecule has 0 aromatic carbocycles. The lowest BCUT2D eigenvalue weighted by atomic mass is 9.94. The largest absolute Gasteiger partial charge is 0.347 e. The van der Waals surface area contributed by atoms with Gasteiger partial charge >= 0.3 is 0 Å². The zero-order chi connectivity index (χ0) is 15.1. The molecule has 1 saturated carbocycles. The molecular weight excluding hydrogens is 254 g/mol. The zero-order valence-corrected chi connectivity index (χ0v) is 13.1. The molecule has 2 amide bonds. The normalized spacial score (nSPS) is 23.0. The van der Waals surface area contributed by atoms with Crippen LogP contribution in [0, 0.1) is 5.92 Å². The number of hydrogen-bond acceptors (Lipinski definition) is 3. The first kappa shape index (κ1) is 17.0. The molecule has 5 heteroatoms. The predicted molar refractivity (Wildman–Crippen MR) is 80.1 cm³/mol. The van der Waals surface area contributed by atoms with Gasteiger partial charge in [0.1, 0.15) is 0 Å². The summed E-state index contributed by atoms with van der Waals surface area (Å²) in [6, 6.07) is -0.0567. The Labute approximate surface area is 122 Å². The van der Waals surface area contributed by atoms with Crippen molar-refractivity contribution in [2.45, 2.75) is 51.5 Å². The van der Waals surface area contributed by atoms with Crippen LogP contribution in [-0.4, -0.2) is 54.8 Å². The Bertz CT molecular complexity index is 331. The number of nitrogens with zero attached hydrogens (tertiary/aromatic N) is 2. The summed E-state index contributed by atoms with van der Waals surface area (Å²) in [5, 5.41) is 0. The third kappa shape index (κ3) is 4.78. The Hall–Kier alpha value is -1.10. The number of carbonyl (C=O) groups is 2. The summed E-state index contributed by atoms with van der Waals surface area (Å²) < 4.78 is 0. The number of rotatable bonds is 5. The molecule has 0 saturated heterocycles. The minimum Gasteiger partial charge on any atom is -0.347 e. The van der Waals surface area contributed by atoms with Crippen LogP contribution in [0.4, 0.5) is 0 Å². The topological polar surface area (TPSA) is 66.6 Å².